The highest BCUT2D eigenvalue weighted by Crippen LogP contribution is 2.06. The van der Waals surface area contributed by atoms with Crippen molar-refractivity contribution >= 4 is 29.9 Å². The Morgan fingerprint density at radius 3 is 2.47 bits per heavy atom. The molecule has 0 spiro atoms. The van der Waals surface area contributed by atoms with Crippen LogP contribution < -0.4 is 15.4 Å². The zero-order chi connectivity index (χ0) is 13.6. The van der Waals surface area contributed by atoms with Gasteiger partial charge in [0.15, 0.2) is 5.96 Å². The van der Waals surface area contributed by atoms with E-state index < -0.39 is 0 Å². The van der Waals surface area contributed by atoms with Crippen molar-refractivity contribution in [1.82, 2.24) is 15.6 Å². The lowest BCUT2D eigenvalue weighted by atomic mass is 10.1. The number of nitrogens with zero attached hydrogens (tertiary/aromatic N) is 2. The molecule has 0 aliphatic carbocycles. The van der Waals surface area contributed by atoms with Crippen LogP contribution in [0.5, 0.6) is 5.88 Å². The van der Waals surface area contributed by atoms with E-state index in [1.54, 1.807) is 20.4 Å². The first-order valence-corrected chi connectivity index (χ1v) is 5.92. The number of halogens is 1. The third-order valence-electron chi connectivity index (χ3n) is 2.18. The first-order valence-electron chi connectivity index (χ1n) is 5.92. The molecule has 0 amide bonds. The van der Waals surface area contributed by atoms with Crippen LogP contribution in [0.1, 0.15) is 26.3 Å². The summed E-state index contributed by atoms with van der Waals surface area (Å²) < 4.78 is 5.01. The van der Waals surface area contributed by atoms with E-state index in [-0.39, 0.29) is 29.5 Å². The molecule has 0 aliphatic rings. The Kier molecular flexibility index (Phi) is 7.73. The molecule has 0 bridgehead atoms. The van der Waals surface area contributed by atoms with Crippen molar-refractivity contribution in [2.75, 3.05) is 14.2 Å². The minimum atomic E-state index is -0.0139. The first-order chi connectivity index (χ1) is 8.44. The molecule has 2 N–H and O–H groups in total. The smallest absolute Gasteiger partial charge is 0.212 e. The molecule has 1 aromatic rings. The van der Waals surface area contributed by atoms with Gasteiger partial charge in [-0.1, -0.05) is 6.07 Å². The number of aliphatic imine (C=N–C) groups is 1. The summed E-state index contributed by atoms with van der Waals surface area (Å²) in [5.74, 6) is 1.40. The predicted octanol–water partition coefficient (Wildman–Crippen LogP) is 2.17. The van der Waals surface area contributed by atoms with Gasteiger partial charge in [-0.15, -0.1) is 24.0 Å². The van der Waals surface area contributed by atoms with E-state index in [1.165, 1.54) is 0 Å². The van der Waals surface area contributed by atoms with E-state index in [2.05, 4.69) is 41.4 Å². The number of methoxy groups -OCH3 is 1. The summed E-state index contributed by atoms with van der Waals surface area (Å²) in [5, 5.41) is 6.53. The van der Waals surface area contributed by atoms with Crippen molar-refractivity contribution in [2.45, 2.75) is 32.9 Å². The molecule has 5 nitrogen and oxygen atoms in total. The zero-order valence-corrected chi connectivity index (χ0v) is 14.5. The predicted molar refractivity (Wildman–Crippen MR) is 89.3 cm³/mol. The summed E-state index contributed by atoms with van der Waals surface area (Å²) in [6, 6.07) is 3.82. The van der Waals surface area contributed by atoms with Crippen molar-refractivity contribution in [2.24, 2.45) is 4.99 Å². The third kappa shape index (κ3) is 7.19. The molecule has 19 heavy (non-hydrogen) atoms. The molecule has 6 heteroatoms. The van der Waals surface area contributed by atoms with Gasteiger partial charge < -0.3 is 15.4 Å². The maximum atomic E-state index is 5.01. The second-order valence-electron chi connectivity index (χ2n) is 5.01. The average Bonchev–Trinajstić information content (AvgIpc) is 2.33. The maximum absolute atomic E-state index is 5.01. The summed E-state index contributed by atoms with van der Waals surface area (Å²) in [7, 11) is 3.36. The second kappa shape index (κ2) is 8.19. The molecule has 0 fully saturated rings. The molecule has 108 valence electrons. The van der Waals surface area contributed by atoms with Gasteiger partial charge in [0.05, 0.1) is 7.11 Å². The SMILES string of the molecule is CN=C(NCc1ccc(OC)nc1)NC(C)(C)C.I. The topological polar surface area (TPSA) is 58.5 Å². The van der Waals surface area contributed by atoms with E-state index in [0.717, 1.165) is 11.5 Å². The van der Waals surface area contributed by atoms with Gasteiger partial charge in [0.1, 0.15) is 0 Å². The molecular weight excluding hydrogens is 355 g/mol. The van der Waals surface area contributed by atoms with E-state index in [9.17, 15) is 0 Å². The number of nitrogens with one attached hydrogen (secondary N) is 2. The van der Waals surface area contributed by atoms with Crippen LogP contribution in [0.2, 0.25) is 0 Å². The van der Waals surface area contributed by atoms with Gasteiger partial charge >= 0.3 is 0 Å². The van der Waals surface area contributed by atoms with Crippen LogP contribution in [-0.2, 0) is 6.54 Å². The fourth-order valence-electron chi connectivity index (χ4n) is 1.36. The molecule has 0 aromatic carbocycles. The first kappa shape index (κ1) is 17.9. The highest BCUT2D eigenvalue weighted by molar-refractivity contribution is 14.0. The van der Waals surface area contributed by atoms with Gasteiger partial charge in [-0.05, 0) is 26.3 Å². The van der Waals surface area contributed by atoms with Gasteiger partial charge in [-0.3, -0.25) is 4.99 Å². The van der Waals surface area contributed by atoms with Gasteiger partial charge in [-0.25, -0.2) is 4.98 Å². The lowest BCUT2D eigenvalue weighted by molar-refractivity contribution is 0.397. The number of ether oxygens (including phenoxy) is 1. The number of hydrogen-bond donors (Lipinski definition) is 2. The van der Waals surface area contributed by atoms with Crippen molar-refractivity contribution in [1.29, 1.82) is 0 Å². The Bertz CT molecular complexity index is 398. The molecule has 0 aliphatic heterocycles. The summed E-state index contributed by atoms with van der Waals surface area (Å²) in [5.41, 5.74) is 1.06. The van der Waals surface area contributed by atoms with Crippen LogP contribution >= 0.6 is 24.0 Å². The quantitative estimate of drug-likeness (QED) is 0.481. The van der Waals surface area contributed by atoms with Gasteiger partial charge in [0, 0.05) is 31.4 Å². The molecule has 0 atom stereocenters. The standard InChI is InChI=1S/C13H22N4O.HI/c1-13(2,3)17-12(14-4)16-9-10-6-7-11(18-5)15-8-10;/h6-8H,9H2,1-5H3,(H2,14,16,17);1H. The Morgan fingerprint density at radius 2 is 2.05 bits per heavy atom. The van der Waals surface area contributed by atoms with Crippen LogP contribution in [0.3, 0.4) is 0 Å². The van der Waals surface area contributed by atoms with Crippen LogP contribution in [0.15, 0.2) is 23.3 Å². The van der Waals surface area contributed by atoms with Crippen LogP contribution in [0, 0.1) is 0 Å². The van der Waals surface area contributed by atoms with Crippen molar-refractivity contribution in [3.05, 3.63) is 23.9 Å². The van der Waals surface area contributed by atoms with Crippen LogP contribution in [0.4, 0.5) is 0 Å². The highest BCUT2D eigenvalue weighted by atomic mass is 127. The fraction of sp³-hybridized carbons (Fsp3) is 0.538. The highest BCUT2D eigenvalue weighted by Gasteiger charge is 2.11. The van der Waals surface area contributed by atoms with E-state index in [4.69, 9.17) is 4.74 Å². The summed E-state index contributed by atoms with van der Waals surface area (Å²) in [4.78, 5) is 8.32. The van der Waals surface area contributed by atoms with Crippen LogP contribution in [0.25, 0.3) is 0 Å². The molecular formula is C13H23IN4O. The van der Waals surface area contributed by atoms with E-state index >= 15 is 0 Å². The second-order valence-corrected chi connectivity index (χ2v) is 5.01. The number of hydrogen-bond acceptors (Lipinski definition) is 3. The zero-order valence-electron chi connectivity index (χ0n) is 12.2. The van der Waals surface area contributed by atoms with E-state index in [1.807, 2.05) is 12.1 Å². The minimum absolute atomic E-state index is 0. The maximum Gasteiger partial charge on any atom is 0.212 e. The van der Waals surface area contributed by atoms with Gasteiger partial charge in [0.25, 0.3) is 0 Å². The molecule has 1 aromatic heterocycles. The lowest BCUT2D eigenvalue weighted by Crippen LogP contribution is -2.47. The molecule has 0 saturated carbocycles. The Morgan fingerprint density at radius 1 is 1.37 bits per heavy atom. The minimum Gasteiger partial charge on any atom is -0.481 e. The average molecular weight is 378 g/mol. The number of guanidine groups is 1. The van der Waals surface area contributed by atoms with Gasteiger partial charge in [-0.2, -0.15) is 0 Å². The van der Waals surface area contributed by atoms with E-state index in [0.29, 0.717) is 12.4 Å². The largest absolute Gasteiger partial charge is 0.481 e. The lowest BCUT2D eigenvalue weighted by Gasteiger charge is -2.23. The Hall–Kier alpha value is -1.05. The van der Waals surface area contributed by atoms with Crippen molar-refractivity contribution < 1.29 is 4.74 Å². The normalized spacial score (nSPS) is 11.5. The summed E-state index contributed by atoms with van der Waals surface area (Å²) in [6.45, 7) is 6.95. The molecule has 1 heterocycles. The monoisotopic (exact) mass is 378 g/mol. The molecule has 0 unspecified atom stereocenters. The van der Waals surface area contributed by atoms with Crippen molar-refractivity contribution in [3.8, 4) is 5.88 Å². The van der Waals surface area contributed by atoms with Crippen LogP contribution in [-0.4, -0.2) is 30.6 Å². The summed E-state index contributed by atoms with van der Waals surface area (Å²) in [6.07, 6.45) is 1.79. The molecule has 0 saturated heterocycles. The third-order valence-corrected chi connectivity index (χ3v) is 2.18. The molecule has 1 rings (SSSR count). The Balaban J connectivity index is 0.00000324. The number of aromatic nitrogens is 1. The molecule has 0 radical (unpaired) electrons. The Labute approximate surface area is 132 Å². The van der Waals surface area contributed by atoms with Gasteiger partial charge in [0.2, 0.25) is 5.88 Å². The fourth-order valence-corrected chi connectivity index (χ4v) is 1.36. The number of rotatable bonds is 3. The van der Waals surface area contributed by atoms with Crippen molar-refractivity contribution in [3.63, 3.8) is 0 Å². The summed E-state index contributed by atoms with van der Waals surface area (Å²) >= 11 is 0. The number of pyridine rings is 1.